The van der Waals surface area contributed by atoms with E-state index in [2.05, 4.69) is 20.8 Å². The topological polar surface area (TPSA) is 57.5 Å². The first-order valence-corrected chi connectivity index (χ1v) is 9.74. The summed E-state index contributed by atoms with van der Waals surface area (Å²) in [6.45, 7) is 5.72. The van der Waals surface area contributed by atoms with Crippen LogP contribution in [0, 0.1) is 0 Å². The van der Waals surface area contributed by atoms with Gasteiger partial charge in [0.1, 0.15) is 6.62 Å². The van der Waals surface area contributed by atoms with E-state index < -0.39 is 14.9 Å². The molecule has 0 rings (SSSR count). The van der Waals surface area contributed by atoms with Crippen molar-refractivity contribution in [3.8, 4) is 0 Å². The second kappa shape index (κ2) is 11.2. The Kier molecular flexibility index (Phi) is 13.6. The van der Waals surface area contributed by atoms with Gasteiger partial charge in [-0.25, -0.2) is 0 Å². The maximum absolute atomic E-state index is 8.70. The molecule has 0 aromatic rings. The van der Waals surface area contributed by atoms with E-state index in [9.17, 15) is 0 Å². The summed E-state index contributed by atoms with van der Waals surface area (Å²) >= 11 is 6.55. The third-order valence-corrected chi connectivity index (χ3v) is 7.14. The summed E-state index contributed by atoms with van der Waals surface area (Å²) in [5.41, 5.74) is 0. The Morgan fingerprint density at radius 3 is 1.33 bits per heavy atom. The molecular weight excluding hydrogens is 253 g/mol. The van der Waals surface area contributed by atoms with Crippen LogP contribution in [0.1, 0.15) is 40.0 Å². The van der Waals surface area contributed by atoms with E-state index in [0.717, 1.165) is 0 Å². The fraction of sp³-hybridized carbons (Fsp3) is 1.00. The molecule has 0 atom stereocenters. The summed E-state index contributed by atoms with van der Waals surface area (Å²) in [5, 5.41) is 0. The first-order valence-electron chi connectivity index (χ1n) is 5.32. The normalized spacial score (nSPS) is 10.5. The van der Waals surface area contributed by atoms with Crippen LogP contribution >= 0.6 is 26.1 Å². The third kappa shape index (κ3) is 14.7. The minimum Gasteiger partial charge on any atom is -0.134 e. The molecule has 0 heterocycles. The zero-order chi connectivity index (χ0) is 12.3. The van der Waals surface area contributed by atoms with Crippen LogP contribution in [0.25, 0.3) is 0 Å². The van der Waals surface area contributed by atoms with Gasteiger partial charge in [-0.1, -0.05) is 20.8 Å². The van der Waals surface area contributed by atoms with Crippen molar-refractivity contribution in [3.63, 3.8) is 0 Å². The molecule has 0 unspecified atom stereocenters. The van der Waals surface area contributed by atoms with Gasteiger partial charge in [0.15, 0.2) is 0 Å². The summed E-state index contributed by atoms with van der Waals surface area (Å²) in [4.78, 5) is 14.2. The molecule has 0 aliphatic rings. The maximum atomic E-state index is 8.70. The average Bonchev–Trinajstić information content (AvgIpc) is 2.03. The molecule has 0 saturated carbocycles. The molecule has 2 N–H and O–H groups in total. The average molecular weight is 277 g/mol. The molecule has 0 saturated heterocycles. The van der Waals surface area contributed by atoms with Crippen molar-refractivity contribution >= 4 is 26.1 Å². The highest BCUT2D eigenvalue weighted by molar-refractivity contribution is 7.99. The summed E-state index contributed by atoms with van der Waals surface area (Å²) in [7, 11) is -2.87. The van der Waals surface area contributed by atoms with Crippen LogP contribution in [0.3, 0.4) is 0 Å². The maximum Gasteiger partial charge on any atom is 0.692 e. The second-order valence-electron chi connectivity index (χ2n) is 3.45. The van der Waals surface area contributed by atoms with E-state index >= 15 is 0 Å². The highest BCUT2D eigenvalue weighted by Crippen LogP contribution is 2.64. The van der Waals surface area contributed by atoms with Crippen LogP contribution in [-0.2, 0) is 4.57 Å². The predicted octanol–water partition coefficient (Wildman–Crippen LogP) is 4.02. The van der Waals surface area contributed by atoms with E-state index in [-0.39, 0.29) is 0 Å². The summed E-state index contributed by atoms with van der Waals surface area (Å²) < 4.78 is 8.70. The minimum atomic E-state index is -2.87. The van der Waals surface area contributed by atoms with Crippen molar-refractivity contribution in [3.05, 3.63) is 0 Å². The van der Waals surface area contributed by atoms with Crippen molar-refractivity contribution < 1.29 is 14.4 Å². The molecule has 0 bridgehead atoms. The van der Waals surface area contributed by atoms with Crippen LogP contribution < -0.4 is 0 Å². The van der Waals surface area contributed by atoms with E-state index in [0.29, 0.717) is 0 Å². The lowest BCUT2D eigenvalue weighted by Crippen LogP contribution is -2.00. The highest BCUT2D eigenvalue weighted by Gasteiger charge is 2.32. The Morgan fingerprint density at radius 1 is 1.00 bits per heavy atom. The molecular formula is C9H23ClO3P2+2. The Balaban J connectivity index is 0. The predicted molar refractivity (Wildman–Crippen MR) is 70.3 cm³/mol. The van der Waals surface area contributed by atoms with Gasteiger partial charge in [0, 0.05) is 4.57 Å². The zero-order valence-electron chi connectivity index (χ0n) is 9.82. The van der Waals surface area contributed by atoms with Crippen molar-refractivity contribution in [1.29, 1.82) is 0 Å². The van der Waals surface area contributed by atoms with E-state index in [1.807, 2.05) is 0 Å². The van der Waals surface area contributed by atoms with Crippen molar-refractivity contribution in [2.45, 2.75) is 40.0 Å². The molecule has 0 aromatic heterocycles. The van der Waals surface area contributed by atoms with E-state index in [4.69, 9.17) is 25.6 Å². The SMILES string of the molecule is CCC[P+](Cl)(CCC)CCC.O=[P+](O)O. The Morgan fingerprint density at radius 2 is 1.20 bits per heavy atom. The van der Waals surface area contributed by atoms with Gasteiger partial charge in [-0.3, -0.25) is 0 Å². The molecule has 0 spiro atoms. The number of hydrogen-bond donors (Lipinski definition) is 2. The van der Waals surface area contributed by atoms with Crippen LogP contribution in [-0.4, -0.2) is 28.3 Å². The van der Waals surface area contributed by atoms with Crippen molar-refractivity contribution in [1.82, 2.24) is 0 Å². The van der Waals surface area contributed by atoms with E-state index in [1.165, 1.54) is 37.7 Å². The highest BCUT2D eigenvalue weighted by atomic mass is 35.7. The van der Waals surface area contributed by atoms with Crippen LogP contribution in [0.15, 0.2) is 0 Å². The van der Waals surface area contributed by atoms with Gasteiger partial charge in [0.25, 0.3) is 0 Å². The van der Waals surface area contributed by atoms with Crippen molar-refractivity contribution in [2.24, 2.45) is 0 Å². The van der Waals surface area contributed by atoms with Gasteiger partial charge in [0.05, 0.1) is 29.7 Å². The number of rotatable bonds is 6. The summed E-state index contributed by atoms with van der Waals surface area (Å²) in [6.07, 6.45) is 7.65. The molecule has 3 nitrogen and oxygen atoms in total. The lowest BCUT2D eigenvalue weighted by Gasteiger charge is -2.16. The zero-order valence-corrected chi connectivity index (χ0v) is 12.4. The lowest BCUT2D eigenvalue weighted by molar-refractivity contribution is 0.405. The monoisotopic (exact) mass is 276 g/mol. The third-order valence-electron chi connectivity index (χ3n) is 1.87. The molecule has 0 aliphatic carbocycles. The molecule has 0 aliphatic heterocycles. The van der Waals surface area contributed by atoms with Gasteiger partial charge in [0.2, 0.25) is 0 Å². The van der Waals surface area contributed by atoms with Crippen LogP contribution in [0.4, 0.5) is 0 Å². The largest absolute Gasteiger partial charge is 0.692 e. The van der Waals surface area contributed by atoms with Crippen LogP contribution in [0.5, 0.6) is 0 Å². The molecule has 6 heteroatoms. The molecule has 0 radical (unpaired) electrons. The fourth-order valence-corrected chi connectivity index (χ4v) is 6.13. The minimum absolute atomic E-state index is 0.997. The number of halogens is 1. The smallest absolute Gasteiger partial charge is 0.134 e. The molecule has 0 amide bonds. The molecule has 15 heavy (non-hydrogen) atoms. The Labute approximate surface area is 99.3 Å². The van der Waals surface area contributed by atoms with Crippen molar-refractivity contribution in [2.75, 3.05) is 18.5 Å². The van der Waals surface area contributed by atoms with Gasteiger partial charge in [-0.05, 0) is 19.3 Å². The van der Waals surface area contributed by atoms with Crippen LogP contribution in [0.2, 0.25) is 0 Å². The molecule has 0 aromatic carbocycles. The number of hydrogen-bond acceptors (Lipinski definition) is 1. The first kappa shape index (κ1) is 18.1. The second-order valence-corrected chi connectivity index (χ2v) is 9.51. The summed E-state index contributed by atoms with van der Waals surface area (Å²) in [5.74, 6) is 0. The van der Waals surface area contributed by atoms with E-state index in [1.54, 1.807) is 0 Å². The Bertz CT molecular complexity index is 146. The first-order chi connectivity index (χ1) is 6.91. The van der Waals surface area contributed by atoms with Gasteiger partial charge >= 0.3 is 8.25 Å². The standard InChI is InChI=1S/C9H21ClP.HO3P/c1-4-7-11(10,8-5-2)9-6-3;1-4(2)3/h4-9H2,1-3H3;(H-,1,2,3)/q+1;/p+1. The van der Waals surface area contributed by atoms with Gasteiger partial charge in [-0.2, -0.15) is 0 Å². The quantitative estimate of drug-likeness (QED) is 0.721. The lowest BCUT2D eigenvalue weighted by atomic mass is 10.6. The van der Waals surface area contributed by atoms with Gasteiger partial charge in [-0.15, -0.1) is 9.79 Å². The molecule has 92 valence electrons. The fourth-order valence-electron chi connectivity index (χ4n) is 1.54. The Hall–Kier alpha value is 0.740. The molecule has 0 fully saturated rings. The summed E-state index contributed by atoms with van der Waals surface area (Å²) in [6, 6.07) is 0. The van der Waals surface area contributed by atoms with Gasteiger partial charge < -0.3 is 0 Å².